The summed E-state index contributed by atoms with van der Waals surface area (Å²) in [7, 11) is 0. The number of aromatic nitrogens is 2. The predicted octanol–water partition coefficient (Wildman–Crippen LogP) is 4.47. The molecule has 0 radical (unpaired) electrons. The second-order valence-corrected chi connectivity index (χ2v) is 6.14. The third-order valence-electron chi connectivity index (χ3n) is 3.54. The Bertz CT molecular complexity index is 894. The van der Waals surface area contributed by atoms with Crippen LogP contribution < -0.4 is 11.1 Å². The Labute approximate surface area is 152 Å². The first-order chi connectivity index (χ1) is 11.6. The summed E-state index contributed by atoms with van der Waals surface area (Å²) in [6.07, 6.45) is 1.80. The van der Waals surface area contributed by atoms with Crippen LogP contribution in [0.25, 0.3) is 11.3 Å². The molecule has 0 saturated carbocycles. The number of carbonyl (C=O) groups is 1. The van der Waals surface area contributed by atoms with Gasteiger partial charge in [-0.3, -0.25) is 9.89 Å². The highest BCUT2D eigenvalue weighted by molar-refractivity contribution is 9.08. The van der Waals surface area contributed by atoms with Crippen LogP contribution in [0.5, 0.6) is 0 Å². The second-order valence-electron chi connectivity index (χ2n) is 5.17. The molecule has 0 aliphatic rings. The Kier molecular flexibility index (Phi) is 4.87. The quantitative estimate of drug-likeness (QED) is 0.548. The second kappa shape index (κ2) is 7.07. The minimum absolute atomic E-state index is 0.301. The first-order valence-corrected chi connectivity index (χ1v) is 8.63. The summed E-state index contributed by atoms with van der Waals surface area (Å²) >= 11 is 9.54. The molecular formula is C17H14BrClN4O. The average molecular weight is 406 g/mol. The lowest BCUT2D eigenvalue weighted by molar-refractivity contribution is 0.100. The third kappa shape index (κ3) is 3.44. The summed E-state index contributed by atoms with van der Waals surface area (Å²) in [5.74, 6) is -0.546. The van der Waals surface area contributed by atoms with Gasteiger partial charge in [0.15, 0.2) is 0 Å². The topological polar surface area (TPSA) is 83.8 Å². The van der Waals surface area contributed by atoms with Crippen molar-refractivity contribution in [3.05, 3.63) is 64.8 Å². The molecule has 0 spiro atoms. The van der Waals surface area contributed by atoms with Gasteiger partial charge >= 0.3 is 0 Å². The SMILES string of the molecule is NC(=O)c1ccc(Nc2cccc(-c3[nH]ncc3CBr)c2)cc1Cl. The molecule has 1 heterocycles. The van der Waals surface area contributed by atoms with E-state index in [0.29, 0.717) is 10.6 Å². The number of benzene rings is 2. The molecule has 0 aliphatic heterocycles. The third-order valence-corrected chi connectivity index (χ3v) is 4.45. The molecular weight excluding hydrogens is 392 g/mol. The van der Waals surface area contributed by atoms with Crippen LogP contribution in [0.15, 0.2) is 48.7 Å². The molecule has 0 unspecified atom stereocenters. The van der Waals surface area contributed by atoms with Gasteiger partial charge in [-0.05, 0) is 30.3 Å². The lowest BCUT2D eigenvalue weighted by atomic mass is 10.1. The Hall–Kier alpha value is -2.31. The molecule has 0 bridgehead atoms. The number of anilines is 2. The van der Waals surface area contributed by atoms with Gasteiger partial charge in [-0.15, -0.1) is 0 Å². The van der Waals surface area contributed by atoms with E-state index < -0.39 is 5.91 Å². The van der Waals surface area contributed by atoms with Gasteiger partial charge in [0.25, 0.3) is 0 Å². The minimum Gasteiger partial charge on any atom is -0.366 e. The van der Waals surface area contributed by atoms with Crippen LogP contribution in [0, 0.1) is 0 Å². The highest BCUT2D eigenvalue weighted by atomic mass is 79.9. The number of aromatic amines is 1. The number of nitrogens with one attached hydrogen (secondary N) is 2. The van der Waals surface area contributed by atoms with E-state index in [2.05, 4.69) is 31.4 Å². The summed E-state index contributed by atoms with van der Waals surface area (Å²) in [6, 6.07) is 13.0. The van der Waals surface area contributed by atoms with E-state index in [0.717, 1.165) is 33.5 Å². The fraction of sp³-hybridized carbons (Fsp3) is 0.0588. The van der Waals surface area contributed by atoms with Crippen molar-refractivity contribution >= 4 is 44.8 Å². The fourth-order valence-electron chi connectivity index (χ4n) is 2.37. The van der Waals surface area contributed by atoms with E-state index in [9.17, 15) is 4.79 Å². The zero-order valence-electron chi connectivity index (χ0n) is 12.5. The summed E-state index contributed by atoms with van der Waals surface area (Å²) in [5.41, 5.74) is 10.3. The number of carbonyl (C=O) groups excluding carboxylic acids is 1. The van der Waals surface area contributed by atoms with Crippen molar-refractivity contribution in [2.75, 3.05) is 5.32 Å². The molecule has 24 heavy (non-hydrogen) atoms. The van der Waals surface area contributed by atoms with Crippen molar-refractivity contribution in [3.8, 4) is 11.3 Å². The van der Waals surface area contributed by atoms with Gasteiger partial charge in [0.2, 0.25) is 5.91 Å². The first kappa shape index (κ1) is 16.5. The van der Waals surface area contributed by atoms with E-state index in [1.165, 1.54) is 0 Å². The molecule has 1 amide bonds. The van der Waals surface area contributed by atoms with Crippen LogP contribution in [0.2, 0.25) is 5.02 Å². The van der Waals surface area contributed by atoms with Crippen molar-refractivity contribution in [1.29, 1.82) is 0 Å². The van der Waals surface area contributed by atoms with Gasteiger partial charge in [-0.2, -0.15) is 5.10 Å². The summed E-state index contributed by atoms with van der Waals surface area (Å²) in [6.45, 7) is 0. The van der Waals surface area contributed by atoms with Crippen molar-refractivity contribution in [2.45, 2.75) is 5.33 Å². The number of nitrogens with zero attached hydrogens (tertiary/aromatic N) is 1. The molecule has 3 aromatic rings. The number of hydrogen-bond donors (Lipinski definition) is 3. The van der Waals surface area contributed by atoms with Gasteiger partial charge in [-0.1, -0.05) is 39.7 Å². The van der Waals surface area contributed by atoms with Crippen molar-refractivity contribution in [1.82, 2.24) is 10.2 Å². The fourth-order valence-corrected chi connectivity index (χ4v) is 3.07. The number of H-pyrrole nitrogens is 1. The predicted molar refractivity (Wildman–Crippen MR) is 99.9 cm³/mol. The van der Waals surface area contributed by atoms with Crippen LogP contribution >= 0.6 is 27.5 Å². The number of amides is 1. The number of nitrogens with two attached hydrogens (primary N) is 1. The van der Waals surface area contributed by atoms with Crippen molar-refractivity contribution in [2.24, 2.45) is 5.73 Å². The standard InChI is InChI=1S/C17H14BrClN4O/c18-8-11-9-21-23-16(11)10-2-1-3-12(6-10)22-13-4-5-14(17(20)24)15(19)7-13/h1-7,9,22H,8H2,(H2,20,24)(H,21,23). The van der Waals surface area contributed by atoms with Crippen LogP contribution in [0.4, 0.5) is 11.4 Å². The number of halogens is 2. The Morgan fingerprint density at radius 3 is 2.75 bits per heavy atom. The normalized spacial score (nSPS) is 10.6. The van der Waals surface area contributed by atoms with Crippen molar-refractivity contribution in [3.63, 3.8) is 0 Å². The smallest absolute Gasteiger partial charge is 0.250 e. The maximum absolute atomic E-state index is 11.2. The lowest BCUT2D eigenvalue weighted by Crippen LogP contribution is -2.11. The van der Waals surface area contributed by atoms with Crippen molar-refractivity contribution < 1.29 is 4.79 Å². The molecule has 7 heteroatoms. The zero-order valence-corrected chi connectivity index (χ0v) is 14.9. The molecule has 3 rings (SSSR count). The van der Waals surface area contributed by atoms with Gasteiger partial charge in [-0.25, -0.2) is 0 Å². The first-order valence-electron chi connectivity index (χ1n) is 7.13. The molecule has 2 aromatic carbocycles. The van der Waals surface area contributed by atoms with E-state index in [4.69, 9.17) is 17.3 Å². The van der Waals surface area contributed by atoms with Gasteiger partial charge in [0, 0.05) is 27.8 Å². The van der Waals surface area contributed by atoms with Gasteiger partial charge < -0.3 is 11.1 Å². The van der Waals surface area contributed by atoms with E-state index in [1.807, 2.05) is 24.3 Å². The summed E-state index contributed by atoms with van der Waals surface area (Å²) < 4.78 is 0. The molecule has 0 saturated heterocycles. The maximum atomic E-state index is 11.2. The zero-order chi connectivity index (χ0) is 17.1. The minimum atomic E-state index is -0.546. The number of primary amides is 1. The lowest BCUT2D eigenvalue weighted by Gasteiger charge is -2.10. The number of hydrogen-bond acceptors (Lipinski definition) is 3. The maximum Gasteiger partial charge on any atom is 0.250 e. The van der Waals surface area contributed by atoms with Crippen LogP contribution in [-0.4, -0.2) is 16.1 Å². The monoisotopic (exact) mass is 404 g/mol. The number of rotatable bonds is 5. The van der Waals surface area contributed by atoms with Gasteiger partial charge in [0.1, 0.15) is 0 Å². The largest absolute Gasteiger partial charge is 0.366 e. The molecule has 5 nitrogen and oxygen atoms in total. The molecule has 122 valence electrons. The van der Waals surface area contributed by atoms with Crippen LogP contribution in [-0.2, 0) is 5.33 Å². The van der Waals surface area contributed by atoms with E-state index in [1.54, 1.807) is 24.4 Å². The molecule has 4 N–H and O–H groups in total. The van der Waals surface area contributed by atoms with Crippen LogP contribution in [0.1, 0.15) is 15.9 Å². The van der Waals surface area contributed by atoms with Crippen LogP contribution in [0.3, 0.4) is 0 Å². The van der Waals surface area contributed by atoms with E-state index in [-0.39, 0.29) is 0 Å². The summed E-state index contributed by atoms with van der Waals surface area (Å²) in [5, 5.41) is 11.4. The number of alkyl halides is 1. The molecule has 1 aromatic heterocycles. The highest BCUT2D eigenvalue weighted by Gasteiger charge is 2.09. The average Bonchev–Trinajstić information content (AvgIpc) is 3.03. The molecule has 0 aliphatic carbocycles. The molecule has 0 fully saturated rings. The Balaban J connectivity index is 1.88. The van der Waals surface area contributed by atoms with E-state index >= 15 is 0 Å². The molecule has 0 atom stereocenters. The Morgan fingerprint density at radius 2 is 2.04 bits per heavy atom. The Morgan fingerprint density at radius 1 is 1.25 bits per heavy atom. The van der Waals surface area contributed by atoms with Gasteiger partial charge in [0.05, 0.1) is 22.5 Å². The highest BCUT2D eigenvalue weighted by Crippen LogP contribution is 2.28. The summed E-state index contributed by atoms with van der Waals surface area (Å²) in [4.78, 5) is 11.2.